The number of halogens is 2. The molecule has 16 heavy (non-hydrogen) atoms. The van der Waals surface area contributed by atoms with Crippen molar-refractivity contribution in [2.45, 2.75) is 26.1 Å². The largest absolute Gasteiger partial charge is 0.386 e. The Bertz CT molecular complexity index is 355. The fraction of sp³-hybridized carbons (Fsp3) is 0.500. The monoisotopic (exact) mass is 290 g/mol. The number of ether oxygens (including phenoxy) is 1. The van der Waals surface area contributed by atoms with Gasteiger partial charge in [0.2, 0.25) is 0 Å². The maximum atomic E-state index is 13.7. The third-order valence-corrected chi connectivity index (χ3v) is 3.15. The van der Waals surface area contributed by atoms with Gasteiger partial charge in [0, 0.05) is 12.7 Å². The standard InChI is InChI=1S/C12H16BrFO2/c1-7(2)12(16-3)11(15)8-5-4-6-9(13)10(8)14/h4-7,11-12,15H,1-3H3. The molecule has 4 heteroatoms. The zero-order valence-corrected chi connectivity index (χ0v) is 11.2. The van der Waals surface area contributed by atoms with E-state index in [1.165, 1.54) is 7.11 Å². The molecule has 0 aromatic heterocycles. The van der Waals surface area contributed by atoms with Crippen molar-refractivity contribution in [1.29, 1.82) is 0 Å². The van der Waals surface area contributed by atoms with E-state index in [-0.39, 0.29) is 11.5 Å². The fourth-order valence-electron chi connectivity index (χ4n) is 1.69. The lowest BCUT2D eigenvalue weighted by molar-refractivity contribution is -0.0405. The van der Waals surface area contributed by atoms with Gasteiger partial charge in [-0.05, 0) is 27.9 Å². The van der Waals surface area contributed by atoms with Crippen LogP contribution in [0.5, 0.6) is 0 Å². The summed E-state index contributed by atoms with van der Waals surface area (Å²) in [5, 5.41) is 10.1. The van der Waals surface area contributed by atoms with E-state index in [9.17, 15) is 9.50 Å². The van der Waals surface area contributed by atoms with Gasteiger partial charge in [-0.25, -0.2) is 4.39 Å². The van der Waals surface area contributed by atoms with Crippen LogP contribution in [0.3, 0.4) is 0 Å². The average Bonchev–Trinajstić information content (AvgIpc) is 2.22. The average molecular weight is 291 g/mol. The molecule has 0 spiro atoms. The first-order valence-electron chi connectivity index (χ1n) is 5.13. The first kappa shape index (κ1) is 13.6. The van der Waals surface area contributed by atoms with Crippen molar-refractivity contribution in [3.8, 4) is 0 Å². The van der Waals surface area contributed by atoms with Gasteiger partial charge in [0.1, 0.15) is 11.9 Å². The van der Waals surface area contributed by atoms with Crippen LogP contribution in [0.2, 0.25) is 0 Å². The molecule has 0 fully saturated rings. The summed E-state index contributed by atoms with van der Waals surface area (Å²) in [7, 11) is 1.52. The van der Waals surface area contributed by atoms with Crippen LogP contribution in [0.1, 0.15) is 25.5 Å². The molecule has 0 aliphatic rings. The van der Waals surface area contributed by atoms with E-state index in [1.807, 2.05) is 13.8 Å². The lowest BCUT2D eigenvalue weighted by Gasteiger charge is -2.25. The number of benzene rings is 1. The summed E-state index contributed by atoms with van der Waals surface area (Å²) < 4.78 is 19.3. The zero-order chi connectivity index (χ0) is 12.3. The lowest BCUT2D eigenvalue weighted by Crippen LogP contribution is -2.27. The molecule has 1 N–H and O–H groups in total. The molecule has 2 nitrogen and oxygen atoms in total. The Balaban J connectivity index is 3.03. The second kappa shape index (κ2) is 5.75. The first-order chi connectivity index (χ1) is 7.49. The van der Waals surface area contributed by atoms with Gasteiger partial charge >= 0.3 is 0 Å². The molecular formula is C12H16BrFO2. The number of rotatable bonds is 4. The Kier molecular flexibility index (Phi) is 4.89. The molecule has 0 bridgehead atoms. The van der Waals surface area contributed by atoms with Gasteiger partial charge in [0.25, 0.3) is 0 Å². The van der Waals surface area contributed by atoms with E-state index in [0.717, 1.165) is 0 Å². The van der Waals surface area contributed by atoms with E-state index >= 15 is 0 Å². The van der Waals surface area contributed by atoms with Crippen molar-refractivity contribution in [1.82, 2.24) is 0 Å². The molecule has 0 heterocycles. The topological polar surface area (TPSA) is 29.5 Å². The molecule has 1 aromatic rings. The summed E-state index contributed by atoms with van der Waals surface area (Å²) in [5.74, 6) is -0.323. The van der Waals surface area contributed by atoms with E-state index in [1.54, 1.807) is 18.2 Å². The van der Waals surface area contributed by atoms with Gasteiger partial charge in [-0.2, -0.15) is 0 Å². The summed E-state index contributed by atoms with van der Waals surface area (Å²) in [6, 6.07) is 4.86. The Morgan fingerprint density at radius 2 is 2.00 bits per heavy atom. The fourth-order valence-corrected chi connectivity index (χ4v) is 2.07. The highest BCUT2D eigenvalue weighted by atomic mass is 79.9. The molecule has 0 aliphatic carbocycles. The smallest absolute Gasteiger partial charge is 0.143 e. The minimum Gasteiger partial charge on any atom is -0.386 e. The SMILES string of the molecule is COC(C(C)C)C(O)c1cccc(Br)c1F. The van der Waals surface area contributed by atoms with E-state index < -0.39 is 18.0 Å². The van der Waals surface area contributed by atoms with Crippen molar-refractivity contribution < 1.29 is 14.2 Å². The second-order valence-corrected chi connectivity index (χ2v) is 4.89. The summed E-state index contributed by atoms with van der Waals surface area (Å²) in [4.78, 5) is 0. The lowest BCUT2D eigenvalue weighted by atomic mass is 9.95. The van der Waals surface area contributed by atoms with Gasteiger partial charge in [0.05, 0.1) is 10.6 Å². The number of hydrogen-bond donors (Lipinski definition) is 1. The summed E-state index contributed by atoms with van der Waals surface area (Å²) >= 11 is 3.10. The van der Waals surface area contributed by atoms with Gasteiger partial charge in [-0.15, -0.1) is 0 Å². The minimum absolute atomic E-state index is 0.110. The van der Waals surface area contributed by atoms with Crippen molar-refractivity contribution in [3.05, 3.63) is 34.1 Å². The van der Waals surface area contributed by atoms with Gasteiger partial charge in [-0.1, -0.05) is 26.0 Å². The van der Waals surface area contributed by atoms with Crippen molar-refractivity contribution in [2.24, 2.45) is 5.92 Å². The summed E-state index contributed by atoms with van der Waals surface area (Å²) in [6.45, 7) is 3.85. The molecule has 1 aromatic carbocycles. The second-order valence-electron chi connectivity index (χ2n) is 4.03. The molecule has 2 atom stereocenters. The molecule has 0 saturated heterocycles. The van der Waals surface area contributed by atoms with Crippen LogP contribution in [0.25, 0.3) is 0 Å². The maximum absolute atomic E-state index is 13.7. The number of hydrogen-bond acceptors (Lipinski definition) is 2. The molecule has 0 amide bonds. The molecule has 0 aliphatic heterocycles. The van der Waals surface area contributed by atoms with Gasteiger partial charge in [0.15, 0.2) is 0 Å². The van der Waals surface area contributed by atoms with E-state index in [0.29, 0.717) is 4.47 Å². The number of aliphatic hydroxyl groups excluding tert-OH is 1. The highest BCUT2D eigenvalue weighted by Gasteiger charge is 2.26. The van der Waals surface area contributed by atoms with Crippen LogP contribution >= 0.6 is 15.9 Å². The van der Waals surface area contributed by atoms with Crippen LogP contribution in [0.4, 0.5) is 4.39 Å². The molecule has 90 valence electrons. The van der Waals surface area contributed by atoms with Gasteiger partial charge in [-0.3, -0.25) is 0 Å². The minimum atomic E-state index is -0.956. The third-order valence-electron chi connectivity index (χ3n) is 2.54. The van der Waals surface area contributed by atoms with Crippen molar-refractivity contribution in [3.63, 3.8) is 0 Å². The molecule has 2 unspecified atom stereocenters. The quantitative estimate of drug-likeness (QED) is 0.922. The highest BCUT2D eigenvalue weighted by molar-refractivity contribution is 9.10. The normalized spacial score (nSPS) is 15.2. The molecule has 0 saturated carbocycles. The Hall–Kier alpha value is -0.450. The number of aliphatic hydroxyl groups is 1. The van der Waals surface area contributed by atoms with Crippen LogP contribution in [-0.4, -0.2) is 18.3 Å². The predicted octanol–water partition coefficient (Wildman–Crippen LogP) is 3.29. The third kappa shape index (κ3) is 2.81. The molecule has 0 radical (unpaired) electrons. The van der Waals surface area contributed by atoms with Crippen molar-refractivity contribution in [2.75, 3.05) is 7.11 Å². The summed E-state index contributed by atoms with van der Waals surface area (Å²) in [6.07, 6.45) is -1.37. The van der Waals surface area contributed by atoms with Crippen LogP contribution in [0, 0.1) is 11.7 Å². The van der Waals surface area contributed by atoms with Crippen molar-refractivity contribution >= 4 is 15.9 Å². The Morgan fingerprint density at radius 1 is 1.38 bits per heavy atom. The molecular weight excluding hydrogens is 275 g/mol. The van der Waals surface area contributed by atoms with Crippen LogP contribution < -0.4 is 0 Å². The highest BCUT2D eigenvalue weighted by Crippen LogP contribution is 2.29. The van der Waals surface area contributed by atoms with Gasteiger partial charge < -0.3 is 9.84 Å². The Labute approximate surface area is 104 Å². The molecule has 1 rings (SSSR count). The van der Waals surface area contributed by atoms with E-state index in [4.69, 9.17) is 4.74 Å². The van der Waals surface area contributed by atoms with E-state index in [2.05, 4.69) is 15.9 Å². The first-order valence-corrected chi connectivity index (χ1v) is 5.93. The zero-order valence-electron chi connectivity index (χ0n) is 9.58. The summed E-state index contributed by atoms with van der Waals surface area (Å²) in [5.41, 5.74) is 0.259. The Morgan fingerprint density at radius 3 is 2.50 bits per heavy atom. The van der Waals surface area contributed by atoms with Crippen LogP contribution in [0.15, 0.2) is 22.7 Å². The number of methoxy groups -OCH3 is 1. The van der Waals surface area contributed by atoms with Crippen LogP contribution in [-0.2, 0) is 4.74 Å². The maximum Gasteiger partial charge on any atom is 0.143 e. The predicted molar refractivity (Wildman–Crippen MR) is 64.7 cm³/mol.